The minimum Gasteiger partial charge on any atom is -0.409 e. The zero-order valence-electron chi connectivity index (χ0n) is 8.82. The maximum Gasteiger partial charge on any atom is 0.172 e. The molecule has 0 radical (unpaired) electrons. The molecule has 0 fully saturated rings. The highest BCUT2D eigenvalue weighted by atomic mass is 32.2. The monoisotopic (exact) mass is 246 g/mol. The summed E-state index contributed by atoms with van der Waals surface area (Å²) in [6.45, 7) is 0. The number of aromatic nitrogens is 2. The van der Waals surface area contributed by atoms with Gasteiger partial charge in [-0.25, -0.2) is 0 Å². The summed E-state index contributed by atoms with van der Waals surface area (Å²) >= 11 is 1.41. The number of rotatable bonds is 3. The van der Waals surface area contributed by atoms with Crippen molar-refractivity contribution < 1.29 is 5.21 Å². The summed E-state index contributed by atoms with van der Waals surface area (Å²) in [6.07, 6.45) is 1.50. The lowest BCUT2D eigenvalue weighted by Gasteiger charge is -2.05. The third-order valence-corrected chi connectivity index (χ3v) is 3.03. The van der Waals surface area contributed by atoms with Gasteiger partial charge in [-0.05, 0) is 18.2 Å². The standard InChI is InChI=1S/C11H10N4OS/c12-10(15-16)9-6-7-13-14-11(9)17-8-4-2-1-3-5-8/h1-7,16H,(H2,12,15). The molecule has 3 N–H and O–H groups in total. The number of hydrogen-bond donors (Lipinski definition) is 2. The van der Waals surface area contributed by atoms with Crippen LogP contribution in [0, 0.1) is 0 Å². The van der Waals surface area contributed by atoms with E-state index in [-0.39, 0.29) is 5.84 Å². The molecule has 1 aromatic heterocycles. The van der Waals surface area contributed by atoms with Gasteiger partial charge in [0.2, 0.25) is 0 Å². The van der Waals surface area contributed by atoms with Gasteiger partial charge in [-0.1, -0.05) is 35.1 Å². The van der Waals surface area contributed by atoms with E-state index in [4.69, 9.17) is 10.9 Å². The zero-order valence-corrected chi connectivity index (χ0v) is 9.63. The third-order valence-electron chi connectivity index (χ3n) is 2.03. The maximum atomic E-state index is 8.68. The Balaban J connectivity index is 2.33. The van der Waals surface area contributed by atoms with Gasteiger partial charge in [0.15, 0.2) is 5.84 Å². The average molecular weight is 246 g/mol. The Kier molecular flexibility index (Phi) is 3.56. The summed E-state index contributed by atoms with van der Waals surface area (Å²) in [7, 11) is 0. The normalized spacial score (nSPS) is 11.4. The van der Waals surface area contributed by atoms with Crippen molar-refractivity contribution in [1.82, 2.24) is 10.2 Å². The molecular weight excluding hydrogens is 236 g/mol. The molecule has 0 unspecified atom stereocenters. The van der Waals surface area contributed by atoms with E-state index in [1.807, 2.05) is 30.3 Å². The summed E-state index contributed by atoms with van der Waals surface area (Å²) in [5.74, 6) is 0.0262. The van der Waals surface area contributed by atoms with Gasteiger partial charge in [0.1, 0.15) is 5.03 Å². The Bertz CT molecular complexity index is 530. The number of amidine groups is 1. The Morgan fingerprint density at radius 1 is 1.24 bits per heavy atom. The number of nitrogens with two attached hydrogens (primary N) is 1. The van der Waals surface area contributed by atoms with Crippen molar-refractivity contribution in [3.63, 3.8) is 0 Å². The van der Waals surface area contributed by atoms with Crippen LogP contribution in [0.2, 0.25) is 0 Å². The number of benzene rings is 1. The van der Waals surface area contributed by atoms with E-state index in [0.717, 1.165) is 4.90 Å². The fourth-order valence-electron chi connectivity index (χ4n) is 1.24. The Morgan fingerprint density at radius 2 is 2.00 bits per heavy atom. The topological polar surface area (TPSA) is 84.4 Å². The van der Waals surface area contributed by atoms with Crippen molar-refractivity contribution >= 4 is 17.6 Å². The number of oxime groups is 1. The van der Waals surface area contributed by atoms with Crippen molar-refractivity contribution in [3.8, 4) is 0 Å². The van der Waals surface area contributed by atoms with Crippen LogP contribution in [-0.2, 0) is 0 Å². The molecule has 1 aromatic carbocycles. The van der Waals surface area contributed by atoms with Gasteiger partial charge in [-0.3, -0.25) is 0 Å². The van der Waals surface area contributed by atoms with Gasteiger partial charge in [0.25, 0.3) is 0 Å². The smallest absolute Gasteiger partial charge is 0.172 e. The van der Waals surface area contributed by atoms with Crippen molar-refractivity contribution in [2.24, 2.45) is 10.9 Å². The molecule has 0 amide bonds. The summed E-state index contributed by atoms with van der Waals surface area (Å²) in [6, 6.07) is 11.4. The first kappa shape index (κ1) is 11.4. The molecule has 17 heavy (non-hydrogen) atoms. The second kappa shape index (κ2) is 5.31. The van der Waals surface area contributed by atoms with Crippen LogP contribution < -0.4 is 5.73 Å². The summed E-state index contributed by atoms with van der Waals surface area (Å²) < 4.78 is 0. The van der Waals surface area contributed by atoms with Crippen molar-refractivity contribution in [2.75, 3.05) is 0 Å². The van der Waals surface area contributed by atoms with Crippen molar-refractivity contribution in [1.29, 1.82) is 0 Å². The predicted molar refractivity (Wildman–Crippen MR) is 65.1 cm³/mol. The molecule has 0 aliphatic rings. The molecule has 0 spiro atoms. The van der Waals surface area contributed by atoms with Gasteiger partial charge in [0, 0.05) is 4.90 Å². The molecule has 0 bridgehead atoms. The lowest BCUT2D eigenvalue weighted by molar-refractivity contribution is 0.318. The minimum atomic E-state index is 0.0262. The minimum absolute atomic E-state index is 0.0262. The molecule has 0 aliphatic heterocycles. The predicted octanol–water partition coefficient (Wildman–Crippen LogP) is 1.72. The van der Waals surface area contributed by atoms with E-state index < -0.39 is 0 Å². The molecule has 1 heterocycles. The Morgan fingerprint density at radius 3 is 2.71 bits per heavy atom. The van der Waals surface area contributed by atoms with Crippen LogP contribution in [0.5, 0.6) is 0 Å². The van der Waals surface area contributed by atoms with E-state index in [1.165, 1.54) is 18.0 Å². The molecular formula is C11H10N4OS. The Hall–Kier alpha value is -2.08. The van der Waals surface area contributed by atoms with Crippen LogP contribution in [0.25, 0.3) is 0 Å². The lowest BCUT2D eigenvalue weighted by Crippen LogP contribution is -2.15. The van der Waals surface area contributed by atoms with Gasteiger partial charge in [-0.15, -0.1) is 5.10 Å². The summed E-state index contributed by atoms with van der Waals surface area (Å²) in [4.78, 5) is 1.01. The van der Waals surface area contributed by atoms with Crippen LogP contribution in [0.15, 0.2) is 57.7 Å². The van der Waals surface area contributed by atoms with Gasteiger partial charge < -0.3 is 10.9 Å². The van der Waals surface area contributed by atoms with Crippen LogP contribution in [0.1, 0.15) is 5.56 Å². The van der Waals surface area contributed by atoms with Crippen molar-refractivity contribution in [3.05, 3.63) is 48.2 Å². The fourth-order valence-corrected chi connectivity index (χ4v) is 2.13. The first-order valence-corrected chi connectivity index (χ1v) is 5.65. The quantitative estimate of drug-likeness (QED) is 0.373. The molecule has 2 rings (SSSR count). The van der Waals surface area contributed by atoms with Crippen LogP contribution in [0.3, 0.4) is 0 Å². The first-order valence-electron chi connectivity index (χ1n) is 4.84. The molecule has 86 valence electrons. The first-order chi connectivity index (χ1) is 8.31. The van der Waals surface area contributed by atoms with E-state index in [2.05, 4.69) is 15.4 Å². The highest BCUT2D eigenvalue weighted by Crippen LogP contribution is 2.27. The van der Waals surface area contributed by atoms with Crippen molar-refractivity contribution in [2.45, 2.75) is 9.92 Å². The van der Waals surface area contributed by atoms with Crippen LogP contribution in [0.4, 0.5) is 0 Å². The molecule has 5 nitrogen and oxygen atoms in total. The number of hydrogen-bond acceptors (Lipinski definition) is 5. The lowest BCUT2D eigenvalue weighted by atomic mass is 10.3. The van der Waals surface area contributed by atoms with Gasteiger partial charge >= 0.3 is 0 Å². The Labute approximate surface area is 102 Å². The molecule has 0 saturated heterocycles. The van der Waals surface area contributed by atoms with Gasteiger partial charge in [0.05, 0.1) is 11.8 Å². The van der Waals surface area contributed by atoms with E-state index >= 15 is 0 Å². The second-order valence-electron chi connectivity index (χ2n) is 3.15. The average Bonchev–Trinajstić information content (AvgIpc) is 2.40. The summed E-state index contributed by atoms with van der Waals surface area (Å²) in [5, 5.41) is 20.0. The SMILES string of the molecule is N/C(=N\O)c1ccnnc1Sc1ccccc1. The highest BCUT2D eigenvalue weighted by Gasteiger charge is 2.09. The largest absolute Gasteiger partial charge is 0.409 e. The van der Waals surface area contributed by atoms with E-state index in [9.17, 15) is 0 Å². The van der Waals surface area contributed by atoms with Crippen LogP contribution in [-0.4, -0.2) is 21.2 Å². The number of nitrogens with zero attached hydrogens (tertiary/aromatic N) is 3. The second-order valence-corrected chi connectivity index (χ2v) is 4.21. The molecule has 2 aromatic rings. The maximum absolute atomic E-state index is 8.68. The molecule has 0 saturated carbocycles. The van der Waals surface area contributed by atoms with E-state index in [0.29, 0.717) is 10.6 Å². The molecule has 0 atom stereocenters. The fraction of sp³-hybridized carbons (Fsp3) is 0. The van der Waals surface area contributed by atoms with Crippen LogP contribution >= 0.6 is 11.8 Å². The molecule has 6 heteroatoms. The highest BCUT2D eigenvalue weighted by molar-refractivity contribution is 7.99. The third kappa shape index (κ3) is 2.73. The zero-order chi connectivity index (χ0) is 12.1. The summed E-state index contributed by atoms with van der Waals surface area (Å²) in [5.41, 5.74) is 6.13. The van der Waals surface area contributed by atoms with E-state index in [1.54, 1.807) is 6.07 Å². The van der Waals surface area contributed by atoms with Gasteiger partial charge in [-0.2, -0.15) is 5.10 Å². The molecule has 0 aliphatic carbocycles.